The Bertz CT molecular complexity index is 451. The van der Waals surface area contributed by atoms with Crippen LogP contribution in [0.3, 0.4) is 0 Å². The molecule has 1 aromatic rings. The van der Waals surface area contributed by atoms with Gasteiger partial charge in [-0.3, -0.25) is 4.79 Å². The Morgan fingerprint density at radius 1 is 1.29 bits per heavy atom. The molecule has 0 heterocycles. The van der Waals surface area contributed by atoms with Crippen LogP contribution in [0.15, 0.2) is 18.2 Å². The fourth-order valence-corrected chi connectivity index (χ4v) is 1.41. The van der Waals surface area contributed by atoms with E-state index in [0.29, 0.717) is 12.1 Å². The van der Waals surface area contributed by atoms with E-state index >= 15 is 0 Å². The summed E-state index contributed by atoms with van der Waals surface area (Å²) in [6.07, 6.45) is -3.26. The molecule has 0 aromatic heterocycles. The van der Waals surface area contributed by atoms with Crippen molar-refractivity contribution in [1.29, 1.82) is 0 Å². The van der Waals surface area contributed by atoms with Gasteiger partial charge in [0, 0.05) is 11.6 Å². The van der Waals surface area contributed by atoms with Gasteiger partial charge in [-0.1, -0.05) is 0 Å². The van der Waals surface area contributed by atoms with E-state index < -0.39 is 17.6 Å². The van der Waals surface area contributed by atoms with Crippen LogP contribution in [0.4, 0.5) is 23.2 Å². The maximum Gasteiger partial charge on any atom is 0.419 e. The highest BCUT2D eigenvalue weighted by atomic mass is 19.4. The van der Waals surface area contributed by atoms with Crippen molar-refractivity contribution < 1.29 is 22.4 Å². The number of alkyl halides is 3. The van der Waals surface area contributed by atoms with Crippen molar-refractivity contribution in [3.05, 3.63) is 29.6 Å². The van der Waals surface area contributed by atoms with Gasteiger partial charge in [0.1, 0.15) is 5.82 Å². The number of carbonyl (C=O) groups is 1. The molecule has 0 aliphatic heterocycles. The van der Waals surface area contributed by atoms with E-state index in [4.69, 9.17) is 0 Å². The highest BCUT2D eigenvalue weighted by molar-refractivity contribution is 5.94. The quantitative estimate of drug-likeness (QED) is 0.799. The van der Waals surface area contributed by atoms with Crippen LogP contribution in [-0.2, 0) is 11.0 Å². The van der Waals surface area contributed by atoms with E-state index in [1.54, 1.807) is 0 Å². The third-order valence-corrected chi connectivity index (χ3v) is 2.49. The molecule has 1 aromatic carbocycles. The monoisotopic (exact) mass is 247 g/mol. The Morgan fingerprint density at radius 2 is 1.94 bits per heavy atom. The zero-order chi connectivity index (χ0) is 12.6. The van der Waals surface area contributed by atoms with Gasteiger partial charge in [0.05, 0.1) is 5.56 Å². The average Bonchev–Trinajstić information content (AvgIpc) is 3.02. The summed E-state index contributed by atoms with van der Waals surface area (Å²) in [5, 5.41) is 2.34. The minimum Gasteiger partial charge on any atom is -0.326 e. The molecule has 1 N–H and O–H groups in total. The van der Waals surface area contributed by atoms with Gasteiger partial charge < -0.3 is 5.32 Å². The van der Waals surface area contributed by atoms with Crippen molar-refractivity contribution in [3.63, 3.8) is 0 Å². The Hall–Kier alpha value is -1.59. The van der Waals surface area contributed by atoms with Crippen molar-refractivity contribution >= 4 is 11.6 Å². The van der Waals surface area contributed by atoms with Gasteiger partial charge in [-0.2, -0.15) is 13.2 Å². The topological polar surface area (TPSA) is 29.1 Å². The normalized spacial score (nSPS) is 15.8. The van der Waals surface area contributed by atoms with Gasteiger partial charge >= 0.3 is 6.18 Å². The van der Waals surface area contributed by atoms with Crippen molar-refractivity contribution in [2.75, 3.05) is 5.32 Å². The van der Waals surface area contributed by atoms with Gasteiger partial charge in [-0.05, 0) is 31.0 Å². The average molecular weight is 247 g/mol. The number of anilines is 1. The van der Waals surface area contributed by atoms with Gasteiger partial charge in [-0.15, -0.1) is 0 Å². The highest BCUT2D eigenvalue weighted by Crippen LogP contribution is 2.34. The van der Waals surface area contributed by atoms with Crippen LogP contribution in [0, 0.1) is 11.7 Å². The molecule has 0 atom stereocenters. The molecule has 1 saturated carbocycles. The summed E-state index contributed by atoms with van der Waals surface area (Å²) in [5.74, 6) is -1.78. The molecule has 0 unspecified atom stereocenters. The molecular weight excluding hydrogens is 238 g/mol. The first-order chi connectivity index (χ1) is 7.88. The Balaban J connectivity index is 2.21. The van der Waals surface area contributed by atoms with E-state index in [-0.39, 0.29) is 17.5 Å². The van der Waals surface area contributed by atoms with Crippen molar-refractivity contribution in [3.8, 4) is 0 Å². The zero-order valence-corrected chi connectivity index (χ0v) is 8.64. The minimum atomic E-state index is -4.76. The lowest BCUT2D eigenvalue weighted by Gasteiger charge is -2.10. The molecule has 2 nitrogen and oxygen atoms in total. The third kappa shape index (κ3) is 2.75. The summed E-state index contributed by atoms with van der Waals surface area (Å²) in [6.45, 7) is 0. The first-order valence-electron chi connectivity index (χ1n) is 5.05. The summed E-state index contributed by atoms with van der Waals surface area (Å²) in [7, 11) is 0. The van der Waals surface area contributed by atoms with Gasteiger partial charge in [0.15, 0.2) is 0 Å². The first-order valence-corrected chi connectivity index (χ1v) is 5.05. The van der Waals surface area contributed by atoms with E-state index in [1.165, 1.54) is 0 Å². The van der Waals surface area contributed by atoms with Gasteiger partial charge in [-0.25, -0.2) is 4.39 Å². The predicted octanol–water partition coefficient (Wildman–Crippen LogP) is 3.19. The van der Waals surface area contributed by atoms with Gasteiger partial charge in [0.25, 0.3) is 0 Å². The lowest BCUT2D eigenvalue weighted by molar-refractivity contribution is -0.140. The minimum absolute atomic E-state index is 0.0318. The number of amides is 1. The first kappa shape index (κ1) is 11.9. The maximum absolute atomic E-state index is 12.9. The second kappa shape index (κ2) is 4.01. The smallest absolute Gasteiger partial charge is 0.326 e. The van der Waals surface area contributed by atoms with Crippen LogP contribution in [0.1, 0.15) is 18.4 Å². The SMILES string of the molecule is O=C(Nc1ccc(F)c(C(F)(F)F)c1)C1CC1. The molecule has 1 aliphatic carbocycles. The van der Waals surface area contributed by atoms with E-state index in [9.17, 15) is 22.4 Å². The van der Waals surface area contributed by atoms with Gasteiger partial charge in [0.2, 0.25) is 5.91 Å². The van der Waals surface area contributed by atoms with E-state index in [2.05, 4.69) is 5.32 Å². The van der Waals surface area contributed by atoms with E-state index in [1.807, 2.05) is 0 Å². The largest absolute Gasteiger partial charge is 0.419 e. The molecule has 0 radical (unpaired) electrons. The molecule has 92 valence electrons. The number of halogens is 4. The number of hydrogen-bond donors (Lipinski definition) is 1. The van der Waals surface area contributed by atoms with Crippen LogP contribution < -0.4 is 5.32 Å². The Kier molecular flexibility index (Phi) is 2.81. The number of rotatable bonds is 2. The molecule has 1 aliphatic rings. The van der Waals surface area contributed by atoms with Crippen molar-refractivity contribution in [2.24, 2.45) is 5.92 Å². The molecule has 0 saturated heterocycles. The van der Waals surface area contributed by atoms with Crippen LogP contribution in [-0.4, -0.2) is 5.91 Å². The second-order valence-corrected chi connectivity index (χ2v) is 3.96. The summed E-state index contributed by atoms with van der Waals surface area (Å²) in [5.41, 5.74) is -1.40. The lowest BCUT2D eigenvalue weighted by Crippen LogP contribution is -2.15. The summed E-state index contributed by atoms with van der Waals surface area (Å²) in [6, 6.07) is 2.42. The molecule has 1 fully saturated rings. The summed E-state index contributed by atoms with van der Waals surface area (Å²) >= 11 is 0. The van der Waals surface area contributed by atoms with Crippen molar-refractivity contribution in [2.45, 2.75) is 19.0 Å². The molecular formula is C11H9F4NO. The Labute approximate surface area is 94.6 Å². The second-order valence-electron chi connectivity index (χ2n) is 3.96. The van der Waals surface area contributed by atoms with Crippen LogP contribution in [0.25, 0.3) is 0 Å². The fraction of sp³-hybridized carbons (Fsp3) is 0.364. The number of carbonyl (C=O) groups excluding carboxylic acids is 1. The predicted molar refractivity (Wildman–Crippen MR) is 52.8 cm³/mol. The van der Waals surface area contributed by atoms with Crippen molar-refractivity contribution in [1.82, 2.24) is 0 Å². The maximum atomic E-state index is 12.9. The van der Waals surface area contributed by atoms with Crippen LogP contribution >= 0.6 is 0 Å². The van der Waals surface area contributed by atoms with Crippen LogP contribution in [0.2, 0.25) is 0 Å². The molecule has 1 amide bonds. The number of benzene rings is 1. The zero-order valence-electron chi connectivity index (χ0n) is 8.64. The van der Waals surface area contributed by atoms with Crippen LogP contribution in [0.5, 0.6) is 0 Å². The molecule has 6 heteroatoms. The third-order valence-electron chi connectivity index (χ3n) is 2.49. The molecule has 2 rings (SSSR count). The molecule has 17 heavy (non-hydrogen) atoms. The fourth-order valence-electron chi connectivity index (χ4n) is 1.41. The summed E-state index contributed by atoms with van der Waals surface area (Å²) in [4.78, 5) is 11.3. The molecule has 0 spiro atoms. The lowest BCUT2D eigenvalue weighted by atomic mass is 10.1. The number of hydrogen-bond acceptors (Lipinski definition) is 1. The van der Waals surface area contributed by atoms with E-state index in [0.717, 1.165) is 18.9 Å². The summed E-state index contributed by atoms with van der Waals surface area (Å²) < 4.78 is 50.1. The molecule has 0 bridgehead atoms. The highest BCUT2D eigenvalue weighted by Gasteiger charge is 2.35. The Morgan fingerprint density at radius 3 is 2.47 bits per heavy atom. The standard InChI is InChI=1S/C11H9F4NO/c12-9-4-3-7(5-8(9)11(13,14)15)16-10(17)6-1-2-6/h3-6H,1-2H2,(H,16,17). The number of nitrogens with one attached hydrogen (secondary N) is 1.